The Bertz CT molecular complexity index is 497. The molecule has 0 spiro atoms. The van der Waals surface area contributed by atoms with E-state index in [2.05, 4.69) is 20.4 Å². The summed E-state index contributed by atoms with van der Waals surface area (Å²) in [7, 11) is 0. The van der Waals surface area contributed by atoms with Crippen molar-refractivity contribution in [1.82, 2.24) is 0 Å². The first-order valence-electron chi connectivity index (χ1n) is 7.92. The second kappa shape index (κ2) is 4.85. The maximum absolute atomic E-state index is 12.0. The zero-order chi connectivity index (χ0) is 15.4. The quantitative estimate of drug-likeness (QED) is 0.551. The molecule has 6 atom stereocenters. The molecule has 0 N–H and O–H groups in total. The Balaban J connectivity index is 2.01. The molecule has 21 heavy (non-hydrogen) atoms. The molecule has 3 rings (SSSR count). The summed E-state index contributed by atoms with van der Waals surface area (Å²) in [6.45, 7) is 9.80. The first-order valence-corrected chi connectivity index (χ1v) is 7.92. The molecule has 1 heterocycles. The highest BCUT2D eigenvalue weighted by atomic mass is 16.6. The highest BCUT2D eigenvalue weighted by Gasteiger charge is 2.62. The number of carbonyl (C=O) groups is 2. The van der Waals surface area contributed by atoms with Gasteiger partial charge in [0.05, 0.1) is 0 Å². The van der Waals surface area contributed by atoms with E-state index in [0.717, 1.165) is 25.7 Å². The number of fused-ring (bicyclic) bond motifs is 3. The summed E-state index contributed by atoms with van der Waals surface area (Å²) in [5.41, 5.74) is 0.309. The van der Waals surface area contributed by atoms with Gasteiger partial charge in [-0.1, -0.05) is 20.4 Å². The van der Waals surface area contributed by atoms with Gasteiger partial charge in [-0.3, -0.25) is 4.79 Å². The number of hydrogen-bond donors (Lipinski definition) is 0. The van der Waals surface area contributed by atoms with Crippen molar-refractivity contribution in [1.29, 1.82) is 0 Å². The number of carbonyl (C=O) groups excluding carboxylic acids is 2. The van der Waals surface area contributed by atoms with Crippen molar-refractivity contribution in [3.05, 3.63) is 12.2 Å². The van der Waals surface area contributed by atoms with E-state index < -0.39 is 0 Å². The smallest absolute Gasteiger partial charge is 0.334 e. The van der Waals surface area contributed by atoms with Gasteiger partial charge in [-0.2, -0.15) is 0 Å². The van der Waals surface area contributed by atoms with E-state index in [4.69, 9.17) is 9.47 Å². The third-order valence-electron chi connectivity index (χ3n) is 6.08. The van der Waals surface area contributed by atoms with Crippen LogP contribution in [0, 0.1) is 23.2 Å². The normalized spacial score (nSPS) is 45.6. The summed E-state index contributed by atoms with van der Waals surface area (Å²) < 4.78 is 11.3. The summed E-state index contributed by atoms with van der Waals surface area (Å²) >= 11 is 0. The lowest BCUT2D eigenvalue weighted by atomic mass is 9.68. The molecule has 0 bridgehead atoms. The predicted octanol–water partition coefficient (Wildman–Crippen LogP) is 2.86. The molecule has 4 heteroatoms. The molecule has 1 saturated heterocycles. The largest absolute Gasteiger partial charge is 0.462 e. The molecular weight excluding hydrogens is 268 g/mol. The molecule has 2 aliphatic carbocycles. The minimum atomic E-state index is -0.290. The summed E-state index contributed by atoms with van der Waals surface area (Å²) in [4.78, 5) is 23.4. The SMILES string of the molecule is C=C1C(=O)O[C@@H]2[C@H]1CC[C@H](C)[C@@H]1CC[C@H](OC(C)=O)[C@@]21C. The van der Waals surface area contributed by atoms with Crippen LogP contribution in [0.25, 0.3) is 0 Å². The standard InChI is InChI=1S/C17H24O4/c1-9-5-6-12-10(2)16(19)21-15(12)17(4)13(9)7-8-14(17)20-11(3)18/h9,12-15H,2,5-8H2,1,3-4H3/t9-,12-,13-,14-,15+,17-/m0/s1. The van der Waals surface area contributed by atoms with Crippen LogP contribution in [0.5, 0.6) is 0 Å². The molecule has 0 unspecified atom stereocenters. The molecule has 116 valence electrons. The zero-order valence-electron chi connectivity index (χ0n) is 13.1. The van der Waals surface area contributed by atoms with Gasteiger partial charge in [0.15, 0.2) is 0 Å². The molecule has 2 saturated carbocycles. The van der Waals surface area contributed by atoms with Crippen LogP contribution in [0.3, 0.4) is 0 Å². The van der Waals surface area contributed by atoms with E-state index in [1.807, 2.05) is 0 Å². The number of rotatable bonds is 1. The van der Waals surface area contributed by atoms with Crippen molar-refractivity contribution >= 4 is 11.9 Å². The highest BCUT2D eigenvalue weighted by molar-refractivity contribution is 5.91. The number of ether oxygens (including phenoxy) is 2. The predicted molar refractivity (Wildman–Crippen MR) is 77.3 cm³/mol. The Hall–Kier alpha value is -1.32. The van der Waals surface area contributed by atoms with E-state index in [-0.39, 0.29) is 35.5 Å². The van der Waals surface area contributed by atoms with Gasteiger partial charge in [0.25, 0.3) is 0 Å². The summed E-state index contributed by atoms with van der Waals surface area (Å²) in [6.07, 6.45) is 3.55. The topological polar surface area (TPSA) is 52.6 Å². The molecule has 1 aliphatic heterocycles. The van der Waals surface area contributed by atoms with Crippen molar-refractivity contribution in [2.45, 2.75) is 58.7 Å². The van der Waals surface area contributed by atoms with Gasteiger partial charge >= 0.3 is 11.9 Å². The molecule has 0 radical (unpaired) electrons. The van der Waals surface area contributed by atoms with Crippen LogP contribution in [0.1, 0.15) is 46.5 Å². The van der Waals surface area contributed by atoms with Crippen LogP contribution in [0.4, 0.5) is 0 Å². The Morgan fingerprint density at radius 3 is 2.71 bits per heavy atom. The van der Waals surface area contributed by atoms with Gasteiger partial charge in [0, 0.05) is 23.8 Å². The minimum absolute atomic E-state index is 0.0751. The van der Waals surface area contributed by atoms with E-state index in [1.54, 1.807) is 0 Å². The number of hydrogen-bond acceptors (Lipinski definition) is 4. The van der Waals surface area contributed by atoms with Crippen LogP contribution >= 0.6 is 0 Å². The van der Waals surface area contributed by atoms with Crippen molar-refractivity contribution in [3.63, 3.8) is 0 Å². The molecule has 3 fully saturated rings. The lowest BCUT2D eigenvalue weighted by Crippen LogP contribution is -2.48. The molecule has 3 aliphatic rings. The fourth-order valence-electron chi connectivity index (χ4n) is 5.01. The van der Waals surface area contributed by atoms with Gasteiger partial charge in [-0.15, -0.1) is 0 Å². The van der Waals surface area contributed by atoms with Crippen molar-refractivity contribution in [2.24, 2.45) is 23.2 Å². The lowest BCUT2D eigenvalue weighted by molar-refractivity contribution is -0.166. The molecule has 0 amide bonds. The zero-order valence-corrected chi connectivity index (χ0v) is 13.1. The van der Waals surface area contributed by atoms with Gasteiger partial charge in [0.2, 0.25) is 0 Å². The van der Waals surface area contributed by atoms with E-state index in [0.29, 0.717) is 17.4 Å². The maximum Gasteiger partial charge on any atom is 0.334 e. The Morgan fingerprint density at radius 1 is 1.33 bits per heavy atom. The monoisotopic (exact) mass is 292 g/mol. The number of esters is 2. The van der Waals surface area contributed by atoms with Crippen molar-refractivity contribution < 1.29 is 19.1 Å². The molecule has 0 aromatic carbocycles. The van der Waals surface area contributed by atoms with E-state index >= 15 is 0 Å². The average Bonchev–Trinajstić information content (AvgIpc) is 2.84. The third-order valence-corrected chi connectivity index (χ3v) is 6.08. The summed E-state index contributed by atoms with van der Waals surface area (Å²) in [6, 6.07) is 0. The third kappa shape index (κ3) is 2.02. The van der Waals surface area contributed by atoms with Crippen LogP contribution in [0.15, 0.2) is 12.2 Å². The van der Waals surface area contributed by atoms with Crippen LogP contribution < -0.4 is 0 Å². The van der Waals surface area contributed by atoms with Crippen molar-refractivity contribution in [3.8, 4) is 0 Å². The maximum atomic E-state index is 12.0. The first kappa shape index (κ1) is 14.6. The highest BCUT2D eigenvalue weighted by Crippen LogP contribution is 2.58. The summed E-state index contributed by atoms with van der Waals surface area (Å²) in [5.74, 6) is 0.529. The van der Waals surface area contributed by atoms with Crippen LogP contribution in [0.2, 0.25) is 0 Å². The van der Waals surface area contributed by atoms with Gasteiger partial charge < -0.3 is 9.47 Å². The Morgan fingerprint density at radius 2 is 2.05 bits per heavy atom. The lowest BCUT2D eigenvalue weighted by Gasteiger charge is -2.41. The fraction of sp³-hybridized carbons (Fsp3) is 0.765. The molecule has 0 aromatic rings. The Kier molecular flexibility index (Phi) is 3.38. The second-order valence-corrected chi connectivity index (χ2v) is 7.16. The molecule has 4 nitrogen and oxygen atoms in total. The van der Waals surface area contributed by atoms with E-state index in [1.165, 1.54) is 6.92 Å². The second-order valence-electron chi connectivity index (χ2n) is 7.16. The van der Waals surface area contributed by atoms with Gasteiger partial charge in [-0.25, -0.2) is 4.79 Å². The average molecular weight is 292 g/mol. The Labute approximate surface area is 125 Å². The molecule has 0 aromatic heterocycles. The first-order chi connectivity index (χ1) is 9.85. The van der Waals surface area contributed by atoms with Gasteiger partial charge in [0.1, 0.15) is 12.2 Å². The molecular formula is C17H24O4. The van der Waals surface area contributed by atoms with E-state index in [9.17, 15) is 9.59 Å². The van der Waals surface area contributed by atoms with Gasteiger partial charge in [-0.05, 0) is 37.5 Å². The summed E-state index contributed by atoms with van der Waals surface area (Å²) in [5, 5.41) is 0. The van der Waals surface area contributed by atoms with Crippen LogP contribution in [-0.2, 0) is 19.1 Å². The van der Waals surface area contributed by atoms with Crippen molar-refractivity contribution in [2.75, 3.05) is 0 Å². The minimum Gasteiger partial charge on any atom is -0.462 e. The fourth-order valence-corrected chi connectivity index (χ4v) is 5.01. The van der Waals surface area contributed by atoms with Crippen LogP contribution in [-0.4, -0.2) is 24.1 Å².